The quantitative estimate of drug-likeness (QED) is 0.737. The number of amides is 1. The van der Waals surface area contributed by atoms with Crippen molar-refractivity contribution in [3.63, 3.8) is 0 Å². The summed E-state index contributed by atoms with van der Waals surface area (Å²) in [4.78, 5) is 18.7. The molecule has 0 fully saturated rings. The van der Waals surface area contributed by atoms with Crippen LogP contribution in [0.5, 0.6) is 0 Å². The lowest BCUT2D eigenvalue weighted by Gasteiger charge is -2.19. The molecule has 0 radical (unpaired) electrons. The zero-order valence-electron chi connectivity index (χ0n) is 16.4. The van der Waals surface area contributed by atoms with Gasteiger partial charge in [0.05, 0.1) is 23.4 Å². The molecule has 1 aliphatic heterocycles. The van der Waals surface area contributed by atoms with Crippen LogP contribution in [0, 0.1) is 6.92 Å². The van der Waals surface area contributed by atoms with E-state index in [1.807, 2.05) is 41.3 Å². The van der Waals surface area contributed by atoms with E-state index < -0.39 is 5.60 Å². The summed E-state index contributed by atoms with van der Waals surface area (Å²) in [6.07, 6.45) is 1.73. The van der Waals surface area contributed by atoms with E-state index >= 15 is 0 Å². The van der Waals surface area contributed by atoms with Gasteiger partial charge in [0.15, 0.2) is 0 Å². The fourth-order valence-corrected chi connectivity index (χ4v) is 3.64. The van der Waals surface area contributed by atoms with Crippen molar-refractivity contribution in [3.05, 3.63) is 88.7 Å². The lowest BCUT2D eigenvalue weighted by Crippen LogP contribution is -2.23. The summed E-state index contributed by atoms with van der Waals surface area (Å²) >= 11 is 0. The van der Waals surface area contributed by atoms with Gasteiger partial charge in [-0.3, -0.25) is 9.78 Å². The molecule has 1 aromatic heterocycles. The maximum Gasteiger partial charge on any atom is 0.256 e. The molecule has 4 rings (SSSR count). The number of carbonyl (C=O) groups is 1. The molecule has 142 valence electrons. The van der Waals surface area contributed by atoms with Crippen molar-refractivity contribution in [2.75, 3.05) is 0 Å². The van der Waals surface area contributed by atoms with Crippen LogP contribution in [-0.4, -0.2) is 20.9 Å². The molecule has 0 saturated heterocycles. The Morgan fingerprint density at radius 1 is 1.07 bits per heavy atom. The molecule has 4 heteroatoms. The lowest BCUT2D eigenvalue weighted by atomic mass is 9.94. The predicted octanol–water partition coefficient (Wildman–Crippen LogP) is 4.44. The summed E-state index contributed by atoms with van der Waals surface area (Å²) < 4.78 is 0. The van der Waals surface area contributed by atoms with Gasteiger partial charge in [-0.25, -0.2) is 0 Å². The van der Waals surface area contributed by atoms with Crippen LogP contribution in [0.2, 0.25) is 0 Å². The number of aryl methyl sites for hydroxylation is 1. The van der Waals surface area contributed by atoms with Crippen LogP contribution < -0.4 is 0 Å². The number of hydrogen-bond acceptors (Lipinski definition) is 3. The van der Waals surface area contributed by atoms with Crippen molar-refractivity contribution in [1.82, 2.24) is 9.88 Å². The number of fused-ring (bicyclic) bond motifs is 1. The number of hydrogen-bond donors (Lipinski definition) is 1. The van der Waals surface area contributed by atoms with Crippen LogP contribution in [0.1, 0.15) is 46.6 Å². The third-order valence-corrected chi connectivity index (χ3v) is 5.38. The summed E-state index contributed by atoms with van der Waals surface area (Å²) in [5.41, 5.74) is 6.15. The summed E-state index contributed by atoms with van der Waals surface area (Å²) in [6.45, 7) is 6.80. The minimum Gasteiger partial charge on any atom is -0.386 e. The third-order valence-electron chi connectivity index (χ3n) is 5.38. The molecule has 0 bridgehead atoms. The van der Waals surface area contributed by atoms with Crippen molar-refractivity contribution in [3.8, 4) is 11.1 Å². The molecule has 4 nitrogen and oxygen atoms in total. The zero-order valence-corrected chi connectivity index (χ0v) is 16.4. The molecule has 1 aliphatic rings. The van der Waals surface area contributed by atoms with Crippen molar-refractivity contribution >= 4 is 5.91 Å². The average molecular weight is 372 g/mol. The molecule has 0 unspecified atom stereocenters. The number of aromatic nitrogens is 1. The zero-order chi connectivity index (χ0) is 19.9. The monoisotopic (exact) mass is 372 g/mol. The summed E-state index contributed by atoms with van der Waals surface area (Å²) in [6, 6.07) is 18.0. The second-order valence-corrected chi connectivity index (χ2v) is 7.94. The Hall–Kier alpha value is -2.98. The van der Waals surface area contributed by atoms with Gasteiger partial charge in [0.1, 0.15) is 0 Å². The summed E-state index contributed by atoms with van der Waals surface area (Å²) in [7, 11) is 0. The van der Waals surface area contributed by atoms with Crippen molar-refractivity contribution < 1.29 is 9.90 Å². The van der Waals surface area contributed by atoms with Crippen LogP contribution in [0.15, 0.2) is 60.8 Å². The smallest absolute Gasteiger partial charge is 0.256 e. The molecule has 3 aromatic rings. The Kier molecular flexibility index (Phi) is 4.52. The summed E-state index contributed by atoms with van der Waals surface area (Å²) in [5, 5.41) is 10.1. The topological polar surface area (TPSA) is 53.4 Å². The Morgan fingerprint density at radius 3 is 2.43 bits per heavy atom. The normalized spacial score (nSPS) is 13.7. The van der Waals surface area contributed by atoms with E-state index in [0.29, 0.717) is 18.7 Å². The second kappa shape index (κ2) is 6.88. The van der Waals surface area contributed by atoms with Crippen LogP contribution in [-0.2, 0) is 18.7 Å². The fraction of sp³-hybridized carbons (Fsp3) is 0.250. The number of carbonyl (C=O) groups excluding carboxylic acids is 1. The highest BCUT2D eigenvalue weighted by Gasteiger charge is 2.28. The van der Waals surface area contributed by atoms with E-state index in [2.05, 4.69) is 30.1 Å². The number of benzene rings is 2. The highest BCUT2D eigenvalue weighted by Crippen LogP contribution is 2.28. The molecule has 28 heavy (non-hydrogen) atoms. The number of rotatable bonds is 4. The Labute approximate surface area is 165 Å². The SMILES string of the molecule is Cc1cc(-c2ccc(C(C)(C)O)cc2)ccc1CN1Cc2ncccc2C1=O. The van der Waals surface area contributed by atoms with Gasteiger partial charge >= 0.3 is 0 Å². The standard InChI is InChI=1S/C24H24N2O2/c1-16-13-18(17-8-10-20(11-9-17)24(2,3)28)6-7-19(16)14-26-15-22-21(23(26)27)5-4-12-25-22/h4-13,28H,14-15H2,1-3H3. The van der Waals surface area contributed by atoms with E-state index in [1.54, 1.807) is 20.0 Å². The molecule has 0 aliphatic carbocycles. The van der Waals surface area contributed by atoms with E-state index in [-0.39, 0.29) is 5.91 Å². The van der Waals surface area contributed by atoms with Gasteiger partial charge in [0, 0.05) is 12.7 Å². The van der Waals surface area contributed by atoms with E-state index in [1.165, 1.54) is 0 Å². The Morgan fingerprint density at radius 2 is 1.79 bits per heavy atom. The van der Waals surface area contributed by atoms with Gasteiger partial charge in [-0.2, -0.15) is 0 Å². The maximum atomic E-state index is 12.6. The second-order valence-electron chi connectivity index (χ2n) is 7.94. The lowest BCUT2D eigenvalue weighted by molar-refractivity contribution is 0.0764. The van der Waals surface area contributed by atoms with Crippen LogP contribution in [0.3, 0.4) is 0 Å². The van der Waals surface area contributed by atoms with Gasteiger partial charge in [-0.1, -0.05) is 42.5 Å². The predicted molar refractivity (Wildman–Crippen MR) is 110 cm³/mol. The van der Waals surface area contributed by atoms with Gasteiger partial charge in [0.2, 0.25) is 0 Å². The largest absolute Gasteiger partial charge is 0.386 e. The third kappa shape index (κ3) is 3.43. The first kappa shape index (κ1) is 18.4. The Balaban J connectivity index is 1.53. The molecule has 0 spiro atoms. The number of aliphatic hydroxyl groups is 1. The molecule has 2 heterocycles. The molecule has 0 atom stereocenters. The first-order chi connectivity index (χ1) is 13.3. The highest BCUT2D eigenvalue weighted by atomic mass is 16.3. The van der Waals surface area contributed by atoms with Crippen molar-refractivity contribution in [1.29, 1.82) is 0 Å². The van der Waals surface area contributed by atoms with Crippen LogP contribution in [0.4, 0.5) is 0 Å². The molecule has 2 aromatic carbocycles. The van der Waals surface area contributed by atoms with Gasteiger partial charge in [-0.15, -0.1) is 0 Å². The van der Waals surface area contributed by atoms with Crippen molar-refractivity contribution in [2.45, 2.75) is 39.5 Å². The van der Waals surface area contributed by atoms with Crippen LogP contribution >= 0.6 is 0 Å². The van der Waals surface area contributed by atoms with E-state index in [0.717, 1.165) is 33.5 Å². The fourth-order valence-electron chi connectivity index (χ4n) is 3.64. The minimum atomic E-state index is -0.840. The first-order valence-corrected chi connectivity index (χ1v) is 9.49. The highest BCUT2D eigenvalue weighted by molar-refractivity contribution is 5.97. The average Bonchev–Trinajstić information content (AvgIpc) is 2.99. The van der Waals surface area contributed by atoms with Gasteiger partial charge in [-0.05, 0) is 60.7 Å². The van der Waals surface area contributed by atoms with E-state index in [9.17, 15) is 9.90 Å². The molecule has 1 N–H and O–H groups in total. The van der Waals surface area contributed by atoms with Gasteiger partial charge in [0.25, 0.3) is 5.91 Å². The molecular weight excluding hydrogens is 348 g/mol. The number of nitrogens with zero attached hydrogens (tertiary/aromatic N) is 2. The minimum absolute atomic E-state index is 0.0498. The summed E-state index contributed by atoms with van der Waals surface area (Å²) in [5.74, 6) is 0.0498. The molecule has 0 saturated carbocycles. The van der Waals surface area contributed by atoms with E-state index in [4.69, 9.17) is 0 Å². The number of pyridine rings is 1. The van der Waals surface area contributed by atoms with Gasteiger partial charge < -0.3 is 10.0 Å². The maximum absolute atomic E-state index is 12.6. The van der Waals surface area contributed by atoms with Crippen LogP contribution in [0.25, 0.3) is 11.1 Å². The van der Waals surface area contributed by atoms with Crippen molar-refractivity contribution in [2.24, 2.45) is 0 Å². The first-order valence-electron chi connectivity index (χ1n) is 9.49. The Bertz CT molecular complexity index is 1030. The molecule has 1 amide bonds. The molecular formula is C24H24N2O2.